The third-order valence-electron chi connectivity index (χ3n) is 3.87. The number of carbonyl (C=O) groups is 1. The van der Waals surface area contributed by atoms with E-state index in [0.717, 1.165) is 31.5 Å². The molecule has 2 atom stereocenters. The molecule has 2 rings (SSSR count). The van der Waals surface area contributed by atoms with Gasteiger partial charge in [-0.05, 0) is 38.0 Å². The number of anilines is 2. The Hall–Kier alpha value is -1.55. The number of ketones is 1. The molecule has 4 nitrogen and oxygen atoms in total. The molecule has 4 N–H and O–H groups in total. The van der Waals surface area contributed by atoms with Gasteiger partial charge in [-0.25, -0.2) is 0 Å². The van der Waals surface area contributed by atoms with Crippen molar-refractivity contribution >= 4 is 17.2 Å². The number of nitrogen functional groups attached to an aromatic ring is 1. The SMILES string of the molecule is CC(=O)c1cc(NCC2CCCCC2O)ccc1N. The number of aliphatic hydroxyl groups is 1. The van der Waals surface area contributed by atoms with E-state index in [-0.39, 0.29) is 11.9 Å². The fraction of sp³-hybridized carbons (Fsp3) is 0.533. The summed E-state index contributed by atoms with van der Waals surface area (Å²) in [7, 11) is 0. The molecule has 1 aliphatic carbocycles. The summed E-state index contributed by atoms with van der Waals surface area (Å²) in [4.78, 5) is 11.4. The minimum Gasteiger partial charge on any atom is -0.398 e. The summed E-state index contributed by atoms with van der Waals surface area (Å²) in [5.41, 5.74) is 7.71. The van der Waals surface area contributed by atoms with Gasteiger partial charge in [-0.2, -0.15) is 0 Å². The molecule has 1 saturated carbocycles. The van der Waals surface area contributed by atoms with Gasteiger partial charge in [-0.3, -0.25) is 4.79 Å². The fourth-order valence-corrected chi connectivity index (χ4v) is 2.65. The van der Waals surface area contributed by atoms with Crippen LogP contribution in [0.4, 0.5) is 11.4 Å². The normalized spacial score (nSPS) is 23.1. The maximum atomic E-state index is 11.4. The van der Waals surface area contributed by atoms with Crippen molar-refractivity contribution in [3.63, 3.8) is 0 Å². The summed E-state index contributed by atoms with van der Waals surface area (Å²) in [6, 6.07) is 5.40. The van der Waals surface area contributed by atoms with Crippen LogP contribution < -0.4 is 11.1 Å². The zero-order chi connectivity index (χ0) is 13.8. The molecule has 1 fully saturated rings. The first kappa shape index (κ1) is 13.9. The summed E-state index contributed by atoms with van der Waals surface area (Å²) in [6.45, 7) is 2.25. The van der Waals surface area contributed by atoms with Gasteiger partial charge in [0.05, 0.1) is 6.10 Å². The third-order valence-corrected chi connectivity index (χ3v) is 3.87. The number of carbonyl (C=O) groups excluding carboxylic acids is 1. The lowest BCUT2D eigenvalue weighted by molar-refractivity contribution is 0.0763. The van der Waals surface area contributed by atoms with Crippen LogP contribution in [-0.4, -0.2) is 23.5 Å². The molecule has 1 aromatic rings. The lowest BCUT2D eigenvalue weighted by Crippen LogP contribution is -2.30. The first-order valence-electron chi connectivity index (χ1n) is 6.90. The molecule has 0 aliphatic heterocycles. The van der Waals surface area contributed by atoms with Crippen LogP contribution in [0.3, 0.4) is 0 Å². The van der Waals surface area contributed by atoms with Crippen LogP contribution in [0.2, 0.25) is 0 Å². The molecule has 1 aromatic carbocycles. The second-order valence-corrected chi connectivity index (χ2v) is 5.35. The maximum absolute atomic E-state index is 11.4. The van der Waals surface area contributed by atoms with Crippen LogP contribution in [0.1, 0.15) is 43.0 Å². The lowest BCUT2D eigenvalue weighted by Gasteiger charge is -2.28. The Morgan fingerprint density at radius 3 is 2.84 bits per heavy atom. The number of nitrogens with two attached hydrogens (primary N) is 1. The van der Waals surface area contributed by atoms with E-state index in [9.17, 15) is 9.90 Å². The molecule has 0 heterocycles. The van der Waals surface area contributed by atoms with Crippen molar-refractivity contribution in [2.45, 2.75) is 38.7 Å². The van der Waals surface area contributed by atoms with E-state index in [2.05, 4.69) is 5.32 Å². The number of Topliss-reactive ketones (excluding diaryl/α,β-unsaturated/α-hetero) is 1. The van der Waals surface area contributed by atoms with Crippen LogP contribution in [-0.2, 0) is 0 Å². The van der Waals surface area contributed by atoms with Gasteiger partial charge in [0.15, 0.2) is 5.78 Å². The van der Waals surface area contributed by atoms with Crippen LogP contribution in [0, 0.1) is 5.92 Å². The predicted molar refractivity (Wildman–Crippen MR) is 77.3 cm³/mol. The molecule has 2 unspecified atom stereocenters. The highest BCUT2D eigenvalue weighted by Crippen LogP contribution is 2.25. The van der Waals surface area contributed by atoms with Gasteiger partial charge in [-0.1, -0.05) is 12.8 Å². The fourth-order valence-electron chi connectivity index (χ4n) is 2.65. The van der Waals surface area contributed by atoms with Crippen LogP contribution >= 0.6 is 0 Å². The summed E-state index contributed by atoms with van der Waals surface area (Å²) in [6.07, 6.45) is 4.05. The van der Waals surface area contributed by atoms with E-state index in [1.54, 1.807) is 12.1 Å². The first-order chi connectivity index (χ1) is 9.08. The lowest BCUT2D eigenvalue weighted by atomic mass is 9.86. The molecular formula is C15H22N2O2. The number of benzene rings is 1. The quantitative estimate of drug-likeness (QED) is 0.575. The molecule has 0 bridgehead atoms. The molecule has 0 amide bonds. The van der Waals surface area contributed by atoms with Gasteiger partial charge in [0.25, 0.3) is 0 Å². The monoisotopic (exact) mass is 262 g/mol. The van der Waals surface area contributed by atoms with Crippen molar-refractivity contribution < 1.29 is 9.90 Å². The van der Waals surface area contributed by atoms with Crippen molar-refractivity contribution in [1.82, 2.24) is 0 Å². The molecule has 104 valence electrons. The Labute approximate surface area is 114 Å². The predicted octanol–water partition coefficient (Wildman–Crippen LogP) is 2.43. The maximum Gasteiger partial charge on any atom is 0.161 e. The molecule has 0 aromatic heterocycles. The van der Waals surface area contributed by atoms with Crippen molar-refractivity contribution in [1.29, 1.82) is 0 Å². The van der Waals surface area contributed by atoms with Crippen molar-refractivity contribution in [2.75, 3.05) is 17.6 Å². The molecule has 4 heteroatoms. The summed E-state index contributed by atoms with van der Waals surface area (Å²) in [5, 5.41) is 13.2. The van der Waals surface area contributed by atoms with Crippen molar-refractivity contribution in [3.05, 3.63) is 23.8 Å². The first-order valence-corrected chi connectivity index (χ1v) is 6.90. The van der Waals surface area contributed by atoms with Crippen LogP contribution in [0.15, 0.2) is 18.2 Å². The van der Waals surface area contributed by atoms with Gasteiger partial charge >= 0.3 is 0 Å². The molecular weight excluding hydrogens is 240 g/mol. The largest absolute Gasteiger partial charge is 0.398 e. The Morgan fingerprint density at radius 2 is 2.16 bits per heavy atom. The summed E-state index contributed by atoms with van der Waals surface area (Å²) < 4.78 is 0. The van der Waals surface area contributed by atoms with Gasteiger partial charge in [0.1, 0.15) is 0 Å². The van der Waals surface area contributed by atoms with Crippen LogP contribution in [0.25, 0.3) is 0 Å². The topological polar surface area (TPSA) is 75.3 Å². The minimum absolute atomic E-state index is 0.0288. The standard InChI is InChI=1S/C15H22N2O2/c1-10(18)13-8-12(6-7-14(13)16)17-9-11-4-2-3-5-15(11)19/h6-8,11,15,17,19H,2-5,9,16H2,1H3. The van der Waals surface area contributed by atoms with Gasteiger partial charge in [0, 0.05) is 29.4 Å². The van der Waals surface area contributed by atoms with E-state index >= 15 is 0 Å². The van der Waals surface area contributed by atoms with Gasteiger partial charge in [0.2, 0.25) is 0 Å². The number of rotatable bonds is 4. The smallest absolute Gasteiger partial charge is 0.161 e. The second kappa shape index (κ2) is 6.06. The zero-order valence-corrected chi connectivity index (χ0v) is 11.4. The highest BCUT2D eigenvalue weighted by molar-refractivity contribution is 5.99. The van der Waals surface area contributed by atoms with Crippen molar-refractivity contribution in [2.24, 2.45) is 5.92 Å². The van der Waals surface area contributed by atoms with E-state index < -0.39 is 0 Å². The van der Waals surface area contributed by atoms with E-state index in [1.165, 1.54) is 13.3 Å². The molecule has 19 heavy (non-hydrogen) atoms. The zero-order valence-electron chi connectivity index (χ0n) is 11.4. The summed E-state index contributed by atoms with van der Waals surface area (Å²) in [5.74, 6) is 0.269. The van der Waals surface area contributed by atoms with E-state index in [0.29, 0.717) is 17.2 Å². The number of aliphatic hydroxyl groups excluding tert-OH is 1. The average Bonchev–Trinajstić information content (AvgIpc) is 2.39. The Morgan fingerprint density at radius 1 is 1.42 bits per heavy atom. The molecule has 1 aliphatic rings. The van der Waals surface area contributed by atoms with Crippen LogP contribution in [0.5, 0.6) is 0 Å². The Balaban J connectivity index is 1.99. The highest BCUT2D eigenvalue weighted by atomic mass is 16.3. The van der Waals surface area contributed by atoms with Gasteiger partial charge in [-0.15, -0.1) is 0 Å². The number of hydrogen-bond donors (Lipinski definition) is 3. The second-order valence-electron chi connectivity index (χ2n) is 5.35. The molecule has 0 saturated heterocycles. The third kappa shape index (κ3) is 3.47. The van der Waals surface area contributed by atoms with E-state index in [1.807, 2.05) is 6.07 Å². The minimum atomic E-state index is -0.206. The average molecular weight is 262 g/mol. The van der Waals surface area contributed by atoms with Gasteiger partial charge < -0.3 is 16.2 Å². The summed E-state index contributed by atoms with van der Waals surface area (Å²) >= 11 is 0. The highest BCUT2D eigenvalue weighted by Gasteiger charge is 2.22. The Bertz CT molecular complexity index is 459. The Kier molecular flexibility index (Phi) is 4.43. The van der Waals surface area contributed by atoms with Crippen molar-refractivity contribution in [3.8, 4) is 0 Å². The number of hydrogen-bond acceptors (Lipinski definition) is 4. The molecule has 0 spiro atoms. The molecule has 0 radical (unpaired) electrons. The number of nitrogens with one attached hydrogen (secondary N) is 1. The van der Waals surface area contributed by atoms with E-state index in [4.69, 9.17) is 5.73 Å².